The fourth-order valence-corrected chi connectivity index (χ4v) is 2.78. The number of fused-ring (bicyclic) bond motifs is 1. The molecule has 0 bridgehead atoms. The van der Waals surface area contributed by atoms with Gasteiger partial charge in [0.05, 0.1) is 17.7 Å². The first-order valence-corrected chi connectivity index (χ1v) is 6.62. The van der Waals surface area contributed by atoms with Crippen molar-refractivity contribution in [2.75, 3.05) is 26.5 Å². The van der Waals surface area contributed by atoms with E-state index in [1.807, 2.05) is 6.07 Å². The van der Waals surface area contributed by atoms with E-state index in [9.17, 15) is 0 Å². The van der Waals surface area contributed by atoms with Crippen LogP contribution in [0, 0.1) is 0 Å². The summed E-state index contributed by atoms with van der Waals surface area (Å²) in [6.45, 7) is 4.78. The van der Waals surface area contributed by atoms with Gasteiger partial charge >= 0.3 is 0 Å². The van der Waals surface area contributed by atoms with E-state index >= 15 is 0 Å². The van der Waals surface area contributed by atoms with Crippen molar-refractivity contribution in [3.8, 4) is 11.5 Å². The van der Waals surface area contributed by atoms with Crippen molar-refractivity contribution in [2.45, 2.75) is 19.4 Å². The Kier molecular flexibility index (Phi) is 3.33. The fraction of sp³-hybridized carbons (Fsp3) is 0.538. The third kappa shape index (κ3) is 1.94. The Morgan fingerprint density at radius 2 is 2.22 bits per heavy atom. The summed E-state index contributed by atoms with van der Waals surface area (Å²) < 4.78 is 16.8. The van der Waals surface area contributed by atoms with Gasteiger partial charge in [0.2, 0.25) is 6.79 Å². The molecule has 3 rings (SSSR count). The minimum Gasteiger partial charge on any atom is -0.453 e. The summed E-state index contributed by atoms with van der Waals surface area (Å²) in [5, 5.41) is 3.93. The molecule has 0 aliphatic carbocycles. The first-order valence-electron chi connectivity index (χ1n) is 6.24. The number of nitrogens with one attached hydrogen (secondary N) is 1. The first kappa shape index (κ1) is 12.1. The van der Waals surface area contributed by atoms with Crippen LogP contribution in [-0.2, 0) is 11.2 Å². The Labute approximate surface area is 111 Å². The largest absolute Gasteiger partial charge is 0.453 e. The van der Waals surface area contributed by atoms with Crippen LogP contribution < -0.4 is 14.8 Å². The Morgan fingerprint density at radius 1 is 1.39 bits per heavy atom. The highest BCUT2D eigenvalue weighted by Gasteiger charge is 2.28. The van der Waals surface area contributed by atoms with Gasteiger partial charge in [-0.3, -0.25) is 0 Å². The molecule has 0 radical (unpaired) electrons. The molecular formula is C13H16ClNO3. The number of benzene rings is 1. The second-order valence-electron chi connectivity index (χ2n) is 4.41. The monoisotopic (exact) mass is 269 g/mol. The number of halogens is 1. The molecular weight excluding hydrogens is 254 g/mol. The van der Waals surface area contributed by atoms with Crippen LogP contribution in [0.15, 0.2) is 6.07 Å². The summed E-state index contributed by atoms with van der Waals surface area (Å²) in [6.07, 6.45) is 0.915. The summed E-state index contributed by atoms with van der Waals surface area (Å²) in [5.74, 6) is 1.45. The van der Waals surface area contributed by atoms with Gasteiger partial charge in [-0.1, -0.05) is 18.5 Å². The summed E-state index contributed by atoms with van der Waals surface area (Å²) in [6, 6.07) is 1.95. The zero-order valence-electron chi connectivity index (χ0n) is 10.3. The van der Waals surface area contributed by atoms with Gasteiger partial charge in [0, 0.05) is 18.7 Å². The molecule has 2 aliphatic heterocycles. The quantitative estimate of drug-likeness (QED) is 0.894. The molecule has 2 aliphatic rings. The van der Waals surface area contributed by atoms with Gasteiger partial charge in [-0.15, -0.1) is 0 Å². The van der Waals surface area contributed by atoms with Gasteiger partial charge in [-0.25, -0.2) is 0 Å². The van der Waals surface area contributed by atoms with Crippen molar-refractivity contribution in [2.24, 2.45) is 0 Å². The number of morpholine rings is 1. The summed E-state index contributed by atoms with van der Waals surface area (Å²) >= 11 is 6.24. The molecule has 98 valence electrons. The SMILES string of the molecule is CCc1c(C2CNCCO2)cc(Cl)c2c1OCO2. The van der Waals surface area contributed by atoms with Crippen LogP contribution in [0.25, 0.3) is 0 Å². The van der Waals surface area contributed by atoms with Crippen LogP contribution in [-0.4, -0.2) is 26.5 Å². The summed E-state index contributed by atoms with van der Waals surface area (Å²) in [5.41, 5.74) is 2.25. The van der Waals surface area contributed by atoms with E-state index in [0.29, 0.717) is 10.8 Å². The number of ether oxygens (including phenoxy) is 3. The number of hydrogen-bond donors (Lipinski definition) is 1. The van der Waals surface area contributed by atoms with Gasteiger partial charge in [0.25, 0.3) is 0 Å². The molecule has 1 fully saturated rings. The van der Waals surface area contributed by atoms with E-state index < -0.39 is 0 Å². The van der Waals surface area contributed by atoms with Gasteiger partial charge < -0.3 is 19.5 Å². The van der Waals surface area contributed by atoms with Crippen LogP contribution in [0.1, 0.15) is 24.2 Å². The maximum atomic E-state index is 6.24. The molecule has 5 heteroatoms. The summed E-state index contributed by atoms with van der Waals surface area (Å²) in [4.78, 5) is 0. The lowest BCUT2D eigenvalue weighted by atomic mass is 9.98. The van der Waals surface area contributed by atoms with Crippen LogP contribution in [0.2, 0.25) is 5.02 Å². The lowest BCUT2D eigenvalue weighted by Gasteiger charge is -2.26. The first-order chi connectivity index (χ1) is 8.81. The third-order valence-electron chi connectivity index (χ3n) is 3.36. The average molecular weight is 270 g/mol. The van der Waals surface area contributed by atoms with Gasteiger partial charge in [0.15, 0.2) is 11.5 Å². The lowest BCUT2D eigenvalue weighted by Crippen LogP contribution is -2.33. The Morgan fingerprint density at radius 3 is 2.94 bits per heavy atom. The van der Waals surface area contributed by atoms with Crippen LogP contribution in [0.5, 0.6) is 11.5 Å². The Hall–Kier alpha value is -0.970. The number of rotatable bonds is 2. The Balaban J connectivity index is 2.05. The van der Waals surface area contributed by atoms with Gasteiger partial charge in [0.1, 0.15) is 0 Å². The topological polar surface area (TPSA) is 39.7 Å². The molecule has 1 unspecified atom stereocenters. The predicted molar refractivity (Wildman–Crippen MR) is 68.5 cm³/mol. The van der Waals surface area contributed by atoms with Crippen LogP contribution in [0.4, 0.5) is 0 Å². The predicted octanol–water partition coefficient (Wildman–Crippen LogP) is 2.29. The van der Waals surface area contributed by atoms with E-state index in [1.54, 1.807) is 0 Å². The minimum absolute atomic E-state index is 0.0423. The molecule has 1 aromatic carbocycles. The van der Waals surface area contributed by atoms with Crippen molar-refractivity contribution >= 4 is 11.6 Å². The lowest BCUT2D eigenvalue weighted by molar-refractivity contribution is 0.0270. The molecule has 0 aromatic heterocycles. The molecule has 1 atom stereocenters. The maximum absolute atomic E-state index is 6.24. The van der Waals surface area contributed by atoms with Crippen molar-refractivity contribution in [1.82, 2.24) is 5.32 Å². The molecule has 1 saturated heterocycles. The molecule has 18 heavy (non-hydrogen) atoms. The normalized spacial score (nSPS) is 22.2. The van der Waals surface area contributed by atoms with Crippen molar-refractivity contribution in [1.29, 1.82) is 0 Å². The van der Waals surface area contributed by atoms with Gasteiger partial charge in [-0.2, -0.15) is 0 Å². The highest BCUT2D eigenvalue weighted by atomic mass is 35.5. The smallest absolute Gasteiger partial charge is 0.231 e. The molecule has 4 nitrogen and oxygen atoms in total. The van der Waals surface area contributed by atoms with Crippen molar-refractivity contribution < 1.29 is 14.2 Å². The van der Waals surface area contributed by atoms with Gasteiger partial charge in [-0.05, 0) is 18.1 Å². The standard InChI is InChI=1S/C13H16ClNO3/c1-2-8-9(11-6-15-3-4-16-11)5-10(14)13-12(8)17-7-18-13/h5,11,15H,2-4,6-7H2,1H3. The highest BCUT2D eigenvalue weighted by molar-refractivity contribution is 6.32. The Bertz CT molecular complexity index is 458. The zero-order chi connectivity index (χ0) is 12.5. The van der Waals surface area contributed by atoms with Crippen molar-refractivity contribution in [3.05, 3.63) is 22.2 Å². The van der Waals surface area contributed by atoms with E-state index in [1.165, 1.54) is 0 Å². The molecule has 2 heterocycles. The van der Waals surface area contributed by atoms with Crippen LogP contribution in [0.3, 0.4) is 0 Å². The van der Waals surface area contributed by atoms with Crippen LogP contribution >= 0.6 is 11.6 Å². The fourth-order valence-electron chi connectivity index (χ4n) is 2.52. The zero-order valence-corrected chi connectivity index (χ0v) is 11.0. The third-order valence-corrected chi connectivity index (χ3v) is 3.64. The minimum atomic E-state index is 0.0423. The van der Waals surface area contributed by atoms with Crippen molar-refractivity contribution in [3.63, 3.8) is 0 Å². The molecule has 1 N–H and O–H groups in total. The van der Waals surface area contributed by atoms with E-state index in [0.717, 1.165) is 43.0 Å². The molecule has 0 amide bonds. The second kappa shape index (κ2) is 4.96. The molecule has 0 saturated carbocycles. The average Bonchev–Trinajstić information content (AvgIpc) is 2.89. The summed E-state index contributed by atoms with van der Waals surface area (Å²) in [7, 11) is 0. The van der Waals surface area contributed by atoms with E-state index in [-0.39, 0.29) is 12.9 Å². The second-order valence-corrected chi connectivity index (χ2v) is 4.82. The maximum Gasteiger partial charge on any atom is 0.231 e. The highest BCUT2D eigenvalue weighted by Crippen LogP contribution is 2.45. The van der Waals surface area contributed by atoms with E-state index in [2.05, 4.69) is 12.2 Å². The van der Waals surface area contributed by atoms with E-state index in [4.69, 9.17) is 25.8 Å². The number of hydrogen-bond acceptors (Lipinski definition) is 4. The molecule has 0 spiro atoms. The molecule has 1 aromatic rings.